The van der Waals surface area contributed by atoms with Gasteiger partial charge >= 0.3 is 11.6 Å². The van der Waals surface area contributed by atoms with Crippen LogP contribution in [0.5, 0.6) is 5.75 Å². The van der Waals surface area contributed by atoms with E-state index in [0.717, 1.165) is 10.9 Å². The Morgan fingerprint density at radius 2 is 1.92 bits per heavy atom. The van der Waals surface area contributed by atoms with E-state index in [1.165, 1.54) is 13.2 Å². The summed E-state index contributed by atoms with van der Waals surface area (Å²) in [6.07, 6.45) is 0. The Balaban J connectivity index is 1.81. The van der Waals surface area contributed by atoms with E-state index in [1.807, 2.05) is 13.0 Å². The number of carbonyl (C=O) groups is 1. The zero-order chi connectivity index (χ0) is 17.3. The molecule has 0 radical (unpaired) electrons. The smallest absolute Gasteiger partial charge is 0.341 e. The largest absolute Gasteiger partial charge is 0.486 e. The van der Waals surface area contributed by atoms with Crippen molar-refractivity contribution < 1.29 is 23.1 Å². The molecule has 0 aliphatic carbocycles. The van der Waals surface area contributed by atoms with Crippen LogP contribution in [0.1, 0.15) is 27.4 Å². The molecule has 3 aromatic rings. The van der Waals surface area contributed by atoms with Crippen molar-refractivity contribution in [3.63, 3.8) is 0 Å². The lowest BCUT2D eigenvalue weighted by Crippen LogP contribution is -2.01. The maximum absolute atomic E-state index is 11.6. The van der Waals surface area contributed by atoms with Gasteiger partial charge in [0.2, 0.25) is 0 Å². The maximum atomic E-state index is 11.6. The molecule has 2 aromatic heterocycles. The Bertz CT molecular complexity index is 963. The molecule has 0 bridgehead atoms. The molecule has 0 aliphatic rings. The number of hydrogen-bond donors (Lipinski definition) is 0. The summed E-state index contributed by atoms with van der Waals surface area (Å²) in [4.78, 5) is 23.0. The number of aryl methyl sites for hydroxylation is 2. The summed E-state index contributed by atoms with van der Waals surface area (Å²) in [7, 11) is 1.32. The fourth-order valence-electron chi connectivity index (χ4n) is 2.48. The third-order valence-electron chi connectivity index (χ3n) is 3.68. The highest BCUT2D eigenvalue weighted by molar-refractivity contribution is 5.90. The SMILES string of the molecule is COC(=O)c1cc(COc2ccc3c(C)cc(=O)oc3c2)oc1C. The highest BCUT2D eigenvalue weighted by Gasteiger charge is 2.15. The van der Waals surface area contributed by atoms with Gasteiger partial charge in [-0.1, -0.05) is 0 Å². The molecule has 0 atom stereocenters. The number of esters is 1. The van der Waals surface area contributed by atoms with Gasteiger partial charge in [-0.05, 0) is 37.6 Å². The zero-order valence-corrected chi connectivity index (χ0v) is 13.5. The molecule has 0 unspecified atom stereocenters. The first-order chi connectivity index (χ1) is 11.5. The van der Waals surface area contributed by atoms with Crippen LogP contribution in [-0.2, 0) is 11.3 Å². The Hall–Kier alpha value is -3.02. The van der Waals surface area contributed by atoms with Crippen molar-refractivity contribution in [2.24, 2.45) is 0 Å². The molecule has 0 amide bonds. The Morgan fingerprint density at radius 1 is 1.12 bits per heavy atom. The van der Waals surface area contributed by atoms with Gasteiger partial charge in [-0.25, -0.2) is 9.59 Å². The van der Waals surface area contributed by atoms with Crippen molar-refractivity contribution in [2.75, 3.05) is 7.11 Å². The van der Waals surface area contributed by atoms with Crippen LogP contribution < -0.4 is 10.4 Å². The van der Waals surface area contributed by atoms with Crippen LogP contribution in [0.25, 0.3) is 11.0 Å². The van der Waals surface area contributed by atoms with E-state index in [9.17, 15) is 9.59 Å². The minimum Gasteiger partial charge on any atom is -0.486 e. The lowest BCUT2D eigenvalue weighted by Gasteiger charge is -2.06. The van der Waals surface area contributed by atoms with Crippen molar-refractivity contribution in [3.05, 3.63) is 63.4 Å². The average Bonchev–Trinajstić information content (AvgIpc) is 2.92. The number of benzene rings is 1. The van der Waals surface area contributed by atoms with E-state index >= 15 is 0 Å². The van der Waals surface area contributed by atoms with Crippen molar-refractivity contribution in [3.8, 4) is 5.75 Å². The lowest BCUT2D eigenvalue weighted by atomic mass is 10.1. The van der Waals surface area contributed by atoms with Crippen LogP contribution in [0.4, 0.5) is 0 Å². The fourth-order valence-corrected chi connectivity index (χ4v) is 2.48. The van der Waals surface area contributed by atoms with Gasteiger partial charge < -0.3 is 18.3 Å². The first-order valence-electron chi connectivity index (χ1n) is 7.33. The van der Waals surface area contributed by atoms with Crippen LogP contribution in [0.15, 0.2) is 44.0 Å². The first kappa shape index (κ1) is 15.9. The number of fused-ring (bicyclic) bond motifs is 1. The van der Waals surface area contributed by atoms with Crippen LogP contribution in [-0.4, -0.2) is 13.1 Å². The van der Waals surface area contributed by atoms with Crippen molar-refractivity contribution in [1.29, 1.82) is 0 Å². The molecular formula is C18H16O6. The lowest BCUT2D eigenvalue weighted by molar-refractivity contribution is 0.0599. The fraction of sp³-hybridized carbons (Fsp3) is 0.222. The van der Waals surface area contributed by atoms with Crippen molar-refractivity contribution in [1.82, 2.24) is 0 Å². The second-order valence-corrected chi connectivity index (χ2v) is 5.37. The molecular weight excluding hydrogens is 312 g/mol. The first-order valence-corrected chi connectivity index (χ1v) is 7.33. The zero-order valence-electron chi connectivity index (χ0n) is 13.5. The summed E-state index contributed by atoms with van der Waals surface area (Å²) in [5.41, 5.74) is 1.28. The summed E-state index contributed by atoms with van der Waals surface area (Å²) in [6, 6.07) is 8.30. The van der Waals surface area contributed by atoms with Gasteiger partial charge in [-0.2, -0.15) is 0 Å². The number of hydrogen-bond acceptors (Lipinski definition) is 6. The van der Waals surface area contributed by atoms with E-state index in [0.29, 0.717) is 28.4 Å². The highest BCUT2D eigenvalue weighted by Crippen LogP contribution is 2.24. The quantitative estimate of drug-likeness (QED) is 0.540. The normalized spacial score (nSPS) is 10.8. The van der Waals surface area contributed by atoms with E-state index in [-0.39, 0.29) is 6.61 Å². The molecule has 0 fully saturated rings. The Morgan fingerprint density at radius 3 is 2.67 bits per heavy atom. The minimum atomic E-state index is -0.453. The summed E-state index contributed by atoms with van der Waals surface area (Å²) in [6.45, 7) is 3.67. The van der Waals surface area contributed by atoms with Crippen LogP contribution in [0.3, 0.4) is 0 Å². The molecule has 24 heavy (non-hydrogen) atoms. The van der Waals surface area contributed by atoms with Gasteiger partial charge in [0.25, 0.3) is 0 Å². The van der Waals surface area contributed by atoms with E-state index in [4.69, 9.17) is 13.6 Å². The standard InChI is InChI=1S/C18H16O6/c1-10-6-17(19)24-16-8-12(4-5-14(10)16)22-9-13-7-15(11(2)23-13)18(20)21-3/h4-8H,9H2,1-3H3. The van der Waals surface area contributed by atoms with Gasteiger partial charge in [0.05, 0.1) is 7.11 Å². The van der Waals surface area contributed by atoms with Crippen LogP contribution in [0, 0.1) is 13.8 Å². The third kappa shape index (κ3) is 3.03. The van der Waals surface area contributed by atoms with E-state index in [2.05, 4.69) is 4.74 Å². The van der Waals surface area contributed by atoms with Gasteiger partial charge in [-0.15, -0.1) is 0 Å². The number of ether oxygens (including phenoxy) is 2. The molecule has 1 aromatic carbocycles. The number of methoxy groups -OCH3 is 1. The molecule has 3 rings (SSSR count). The van der Waals surface area contributed by atoms with Gasteiger partial charge in [0, 0.05) is 17.5 Å². The molecule has 2 heterocycles. The Kier molecular flexibility index (Phi) is 4.12. The van der Waals surface area contributed by atoms with E-state index in [1.54, 1.807) is 25.1 Å². The van der Waals surface area contributed by atoms with Gasteiger partial charge in [-0.3, -0.25) is 0 Å². The number of carbonyl (C=O) groups excluding carboxylic acids is 1. The summed E-state index contributed by atoms with van der Waals surface area (Å²) < 4.78 is 21.0. The van der Waals surface area contributed by atoms with Crippen molar-refractivity contribution in [2.45, 2.75) is 20.5 Å². The number of furan rings is 1. The number of rotatable bonds is 4. The van der Waals surface area contributed by atoms with E-state index < -0.39 is 11.6 Å². The van der Waals surface area contributed by atoms with Crippen LogP contribution >= 0.6 is 0 Å². The topological polar surface area (TPSA) is 78.9 Å². The maximum Gasteiger partial charge on any atom is 0.341 e. The average molecular weight is 328 g/mol. The van der Waals surface area contributed by atoms with Gasteiger partial charge in [0.15, 0.2) is 0 Å². The molecule has 0 N–H and O–H groups in total. The van der Waals surface area contributed by atoms with Gasteiger partial charge in [0.1, 0.15) is 35.0 Å². The molecule has 0 saturated carbocycles. The summed E-state index contributed by atoms with van der Waals surface area (Å²) >= 11 is 0. The highest BCUT2D eigenvalue weighted by atomic mass is 16.5. The predicted octanol–water partition coefficient (Wildman–Crippen LogP) is 3.37. The summed E-state index contributed by atoms with van der Waals surface area (Å²) in [5, 5.41) is 0.851. The van der Waals surface area contributed by atoms with Crippen LogP contribution in [0.2, 0.25) is 0 Å². The second-order valence-electron chi connectivity index (χ2n) is 5.37. The molecule has 124 valence electrons. The second kappa shape index (κ2) is 6.23. The molecule has 6 nitrogen and oxygen atoms in total. The molecule has 6 heteroatoms. The predicted molar refractivity (Wildman–Crippen MR) is 86.3 cm³/mol. The van der Waals surface area contributed by atoms with Crippen molar-refractivity contribution >= 4 is 16.9 Å². The minimum absolute atomic E-state index is 0.138. The monoisotopic (exact) mass is 328 g/mol. The Labute approximate surface area is 137 Å². The third-order valence-corrected chi connectivity index (χ3v) is 3.68. The summed E-state index contributed by atoms with van der Waals surface area (Å²) in [5.74, 6) is 1.05. The molecule has 0 saturated heterocycles. The molecule has 0 aliphatic heterocycles. The molecule has 0 spiro atoms.